The van der Waals surface area contributed by atoms with Crippen molar-refractivity contribution in [2.24, 2.45) is 5.92 Å². The predicted molar refractivity (Wildman–Crippen MR) is 60.0 cm³/mol. The highest BCUT2D eigenvalue weighted by Crippen LogP contribution is 2.43. The van der Waals surface area contributed by atoms with Crippen molar-refractivity contribution < 1.29 is 4.79 Å². The smallest absolute Gasteiger partial charge is 0.142 e. The van der Waals surface area contributed by atoms with Crippen LogP contribution in [0.15, 0.2) is 24.3 Å². The lowest BCUT2D eigenvalue weighted by Crippen LogP contribution is -2.37. The lowest BCUT2D eigenvalue weighted by Gasteiger charge is -2.30. The largest absolute Gasteiger partial charge is 0.381 e. The maximum atomic E-state index is 11.9. The molecule has 0 saturated heterocycles. The van der Waals surface area contributed by atoms with Gasteiger partial charge in [0.15, 0.2) is 0 Å². The highest BCUT2D eigenvalue weighted by Gasteiger charge is 2.42. The number of rotatable bonds is 0. The molecule has 0 aromatic heterocycles. The van der Waals surface area contributed by atoms with E-state index in [1.54, 1.807) is 0 Å². The van der Waals surface area contributed by atoms with Gasteiger partial charge in [-0.1, -0.05) is 25.1 Å². The molecular weight excluding hydrogens is 186 g/mol. The first-order valence-corrected chi connectivity index (χ1v) is 5.65. The van der Waals surface area contributed by atoms with Crippen LogP contribution in [0.2, 0.25) is 0 Å². The second kappa shape index (κ2) is 3.09. The van der Waals surface area contributed by atoms with E-state index in [0.717, 1.165) is 18.5 Å². The van der Waals surface area contributed by atoms with E-state index in [9.17, 15) is 4.79 Å². The van der Waals surface area contributed by atoms with Gasteiger partial charge in [0.05, 0.1) is 5.92 Å². The van der Waals surface area contributed by atoms with Crippen molar-refractivity contribution in [2.45, 2.75) is 31.7 Å². The van der Waals surface area contributed by atoms with E-state index in [0.29, 0.717) is 17.7 Å². The second-order valence-electron chi connectivity index (χ2n) is 4.72. The van der Waals surface area contributed by atoms with E-state index in [1.807, 2.05) is 12.1 Å². The van der Waals surface area contributed by atoms with E-state index in [4.69, 9.17) is 0 Å². The summed E-state index contributed by atoms with van der Waals surface area (Å²) in [5.41, 5.74) is 2.37. The van der Waals surface area contributed by atoms with Crippen molar-refractivity contribution in [1.29, 1.82) is 0 Å². The van der Waals surface area contributed by atoms with Crippen LogP contribution in [0.5, 0.6) is 0 Å². The summed E-state index contributed by atoms with van der Waals surface area (Å²) >= 11 is 0. The van der Waals surface area contributed by atoms with Crippen LogP contribution >= 0.6 is 0 Å². The minimum Gasteiger partial charge on any atom is -0.381 e. The average Bonchev–Trinajstić information content (AvgIpc) is 2.64. The molecule has 0 radical (unpaired) electrons. The Hall–Kier alpha value is -1.31. The first-order chi connectivity index (χ1) is 7.27. The molecule has 1 aromatic rings. The fraction of sp³-hybridized carbons (Fsp3) is 0.462. The Morgan fingerprint density at radius 2 is 2.13 bits per heavy atom. The third kappa shape index (κ3) is 1.21. The molecule has 2 nitrogen and oxygen atoms in total. The summed E-state index contributed by atoms with van der Waals surface area (Å²) in [5.74, 6) is 1.13. The van der Waals surface area contributed by atoms with Crippen molar-refractivity contribution in [2.75, 3.05) is 5.32 Å². The van der Waals surface area contributed by atoms with Gasteiger partial charge in [-0.2, -0.15) is 0 Å². The summed E-state index contributed by atoms with van der Waals surface area (Å²) in [4.78, 5) is 11.9. The molecule has 0 bridgehead atoms. The Balaban J connectivity index is 2.07. The third-order valence-corrected chi connectivity index (χ3v) is 3.78. The zero-order valence-corrected chi connectivity index (χ0v) is 8.86. The molecule has 3 rings (SSSR count). The summed E-state index contributed by atoms with van der Waals surface area (Å²) in [7, 11) is 0. The molecule has 2 aliphatic rings. The van der Waals surface area contributed by atoms with Gasteiger partial charge in [-0.05, 0) is 24.0 Å². The molecule has 1 aromatic carbocycles. The van der Waals surface area contributed by atoms with Gasteiger partial charge in [0.2, 0.25) is 0 Å². The number of hydrogen-bond acceptors (Lipinski definition) is 2. The topological polar surface area (TPSA) is 29.1 Å². The van der Waals surface area contributed by atoms with E-state index in [1.165, 1.54) is 5.56 Å². The number of Topliss-reactive ketones (excluding diaryl/α,β-unsaturated/α-hetero) is 1. The van der Waals surface area contributed by atoms with Gasteiger partial charge in [-0.15, -0.1) is 0 Å². The van der Waals surface area contributed by atoms with Crippen LogP contribution in [-0.2, 0) is 4.79 Å². The molecule has 1 saturated carbocycles. The van der Waals surface area contributed by atoms with Crippen LogP contribution in [0.1, 0.15) is 31.2 Å². The van der Waals surface area contributed by atoms with Gasteiger partial charge in [-0.3, -0.25) is 4.79 Å². The maximum absolute atomic E-state index is 11.9. The number of anilines is 1. The van der Waals surface area contributed by atoms with Gasteiger partial charge in [-0.25, -0.2) is 0 Å². The van der Waals surface area contributed by atoms with Crippen LogP contribution in [0, 0.1) is 5.92 Å². The summed E-state index contributed by atoms with van der Waals surface area (Å²) in [5, 5.41) is 3.50. The molecule has 1 heterocycles. The van der Waals surface area contributed by atoms with Crippen molar-refractivity contribution in [3.63, 3.8) is 0 Å². The maximum Gasteiger partial charge on any atom is 0.142 e. The molecule has 1 N–H and O–H groups in total. The molecule has 1 aliphatic heterocycles. The zero-order valence-electron chi connectivity index (χ0n) is 8.86. The number of nitrogens with one attached hydrogen (secondary N) is 1. The monoisotopic (exact) mass is 201 g/mol. The lowest BCUT2D eigenvalue weighted by molar-refractivity contribution is -0.122. The third-order valence-electron chi connectivity index (χ3n) is 3.78. The van der Waals surface area contributed by atoms with Gasteiger partial charge >= 0.3 is 0 Å². The van der Waals surface area contributed by atoms with Crippen LogP contribution in [-0.4, -0.2) is 11.8 Å². The molecule has 78 valence electrons. The van der Waals surface area contributed by atoms with E-state index in [2.05, 4.69) is 24.4 Å². The number of benzene rings is 1. The second-order valence-corrected chi connectivity index (χ2v) is 4.72. The number of ketones is 1. The summed E-state index contributed by atoms with van der Waals surface area (Å²) in [6.07, 6.45) is 1.78. The number of fused-ring (bicyclic) bond motifs is 3. The van der Waals surface area contributed by atoms with Crippen molar-refractivity contribution >= 4 is 11.5 Å². The van der Waals surface area contributed by atoms with Crippen LogP contribution in [0.4, 0.5) is 5.69 Å². The molecule has 3 unspecified atom stereocenters. The van der Waals surface area contributed by atoms with Gasteiger partial charge in [0.1, 0.15) is 5.78 Å². The normalized spacial score (nSPS) is 33.1. The Morgan fingerprint density at radius 1 is 1.33 bits per heavy atom. The minimum absolute atomic E-state index is 0.116. The summed E-state index contributed by atoms with van der Waals surface area (Å²) < 4.78 is 0. The average molecular weight is 201 g/mol. The quantitative estimate of drug-likeness (QED) is 0.699. The number of para-hydroxylation sites is 1. The molecule has 15 heavy (non-hydrogen) atoms. The molecular formula is C13H15NO. The fourth-order valence-electron chi connectivity index (χ4n) is 2.91. The van der Waals surface area contributed by atoms with Crippen molar-refractivity contribution in [1.82, 2.24) is 0 Å². The predicted octanol–water partition coefficient (Wildman–Crippen LogP) is 2.56. The van der Waals surface area contributed by atoms with Crippen LogP contribution in [0.25, 0.3) is 0 Å². The molecule has 0 spiro atoms. The van der Waals surface area contributed by atoms with Crippen LogP contribution < -0.4 is 5.32 Å². The van der Waals surface area contributed by atoms with Crippen molar-refractivity contribution in [3.05, 3.63) is 29.8 Å². The van der Waals surface area contributed by atoms with Gasteiger partial charge < -0.3 is 5.32 Å². The van der Waals surface area contributed by atoms with Gasteiger partial charge in [0.25, 0.3) is 0 Å². The molecule has 2 heteroatoms. The van der Waals surface area contributed by atoms with Crippen molar-refractivity contribution in [3.8, 4) is 0 Å². The zero-order chi connectivity index (χ0) is 10.4. The number of hydrogen-bond donors (Lipinski definition) is 1. The Kier molecular flexibility index (Phi) is 1.84. The SMILES string of the molecule is CC1CCC(=O)C2c3ccccc3NC12. The number of carbonyl (C=O) groups is 1. The van der Waals surface area contributed by atoms with E-state index in [-0.39, 0.29) is 5.92 Å². The highest BCUT2D eigenvalue weighted by molar-refractivity contribution is 5.91. The first-order valence-electron chi connectivity index (χ1n) is 5.65. The highest BCUT2D eigenvalue weighted by atomic mass is 16.1. The summed E-state index contributed by atoms with van der Waals surface area (Å²) in [6.45, 7) is 2.24. The minimum atomic E-state index is 0.116. The molecule has 3 atom stereocenters. The van der Waals surface area contributed by atoms with E-state index < -0.39 is 0 Å². The number of carbonyl (C=O) groups excluding carboxylic acids is 1. The first kappa shape index (κ1) is 8.96. The lowest BCUT2D eigenvalue weighted by atomic mass is 9.76. The molecule has 0 amide bonds. The molecule has 1 aliphatic carbocycles. The van der Waals surface area contributed by atoms with E-state index >= 15 is 0 Å². The Morgan fingerprint density at radius 3 is 3.00 bits per heavy atom. The van der Waals surface area contributed by atoms with Crippen LogP contribution in [0.3, 0.4) is 0 Å². The standard InChI is InChI=1S/C13H15NO/c1-8-6-7-11(15)12-9-4-2-3-5-10(9)14-13(8)12/h2-5,8,12-14H,6-7H2,1H3. The Labute approximate surface area is 89.7 Å². The molecule has 1 fully saturated rings. The van der Waals surface area contributed by atoms with Gasteiger partial charge in [0, 0.05) is 18.2 Å². The fourth-order valence-corrected chi connectivity index (χ4v) is 2.91. The summed E-state index contributed by atoms with van der Waals surface area (Å²) in [6, 6.07) is 8.55. The Bertz CT molecular complexity index is 413.